The Bertz CT molecular complexity index is 151. The van der Waals surface area contributed by atoms with E-state index in [1.54, 1.807) is 0 Å². The summed E-state index contributed by atoms with van der Waals surface area (Å²) in [5.41, 5.74) is 5.12. The summed E-state index contributed by atoms with van der Waals surface area (Å²) < 4.78 is 4.99. The number of carbonyl (C=O) groups excluding carboxylic acids is 1. The van der Waals surface area contributed by atoms with Crippen LogP contribution < -0.4 is 5.73 Å². The average molecular weight is 190 g/mol. The molecule has 1 radical (unpaired) electrons. The van der Waals surface area contributed by atoms with Crippen molar-refractivity contribution in [2.24, 2.45) is 5.73 Å². The summed E-state index contributed by atoms with van der Waals surface area (Å²) >= 11 is 0. The zero-order valence-corrected chi connectivity index (χ0v) is 7.48. The van der Waals surface area contributed by atoms with E-state index in [1.807, 2.05) is 0 Å². The van der Waals surface area contributed by atoms with Gasteiger partial charge in [-0.3, -0.25) is 4.79 Å². The number of carbonyl (C=O) groups is 1. The molecule has 0 heterocycles. The molecule has 0 aromatic carbocycles. The summed E-state index contributed by atoms with van der Waals surface area (Å²) in [5, 5.41) is 17.4. The minimum absolute atomic E-state index is 0.0809. The van der Waals surface area contributed by atoms with E-state index < -0.39 is 12.2 Å². The Morgan fingerprint density at radius 1 is 1.62 bits per heavy atom. The Balaban J connectivity index is 3.78. The smallest absolute Gasteiger partial charge is 0.175 e. The fraction of sp³-hybridized carbons (Fsp3) is 0.750. The molecule has 77 valence electrons. The molecule has 4 N–H and O–H groups in total. The molecule has 0 bridgehead atoms. The van der Waals surface area contributed by atoms with Gasteiger partial charge in [-0.05, 0) is 6.42 Å². The monoisotopic (exact) mass is 190 g/mol. The zero-order valence-electron chi connectivity index (χ0n) is 7.48. The molecule has 0 aliphatic rings. The predicted molar refractivity (Wildman–Crippen MR) is 46.9 cm³/mol. The van der Waals surface area contributed by atoms with Crippen LogP contribution >= 0.6 is 0 Å². The van der Waals surface area contributed by atoms with Gasteiger partial charge in [-0.25, -0.2) is 0 Å². The van der Waals surface area contributed by atoms with Crippen molar-refractivity contribution in [3.63, 3.8) is 0 Å². The number of aliphatic hydroxyl groups excluding tert-OH is 2. The summed E-state index contributed by atoms with van der Waals surface area (Å²) in [6, 6.07) is 0. The molecule has 2 unspecified atom stereocenters. The van der Waals surface area contributed by atoms with Crippen LogP contribution in [-0.2, 0) is 9.53 Å². The summed E-state index contributed by atoms with van der Waals surface area (Å²) in [4.78, 5) is 11.0. The Hall–Kier alpha value is -0.490. The summed E-state index contributed by atoms with van der Waals surface area (Å²) in [7, 11) is 0. The fourth-order valence-electron chi connectivity index (χ4n) is 0.749. The lowest BCUT2D eigenvalue weighted by Crippen LogP contribution is -2.33. The highest BCUT2D eigenvalue weighted by Gasteiger charge is 2.16. The van der Waals surface area contributed by atoms with Gasteiger partial charge in [0.15, 0.2) is 5.78 Å². The fourth-order valence-corrected chi connectivity index (χ4v) is 0.749. The quantitative estimate of drug-likeness (QED) is 0.453. The van der Waals surface area contributed by atoms with E-state index in [9.17, 15) is 4.79 Å². The van der Waals surface area contributed by atoms with Crippen LogP contribution in [0.25, 0.3) is 0 Å². The number of hydrogen-bond donors (Lipinski definition) is 3. The van der Waals surface area contributed by atoms with Crippen LogP contribution in [-0.4, -0.2) is 48.0 Å². The van der Waals surface area contributed by atoms with Crippen molar-refractivity contribution in [1.29, 1.82) is 0 Å². The third kappa shape index (κ3) is 4.94. The average Bonchev–Trinajstić information content (AvgIpc) is 2.17. The van der Waals surface area contributed by atoms with E-state index in [4.69, 9.17) is 20.7 Å². The van der Waals surface area contributed by atoms with Gasteiger partial charge in [-0.15, -0.1) is 0 Å². The Kier molecular flexibility index (Phi) is 6.70. The molecule has 0 aliphatic heterocycles. The molecule has 0 aliphatic carbocycles. The van der Waals surface area contributed by atoms with Crippen LogP contribution in [0.15, 0.2) is 0 Å². The van der Waals surface area contributed by atoms with E-state index in [2.05, 4.69) is 6.92 Å². The molecule has 0 aromatic rings. The first kappa shape index (κ1) is 12.5. The van der Waals surface area contributed by atoms with Crippen LogP contribution in [0.3, 0.4) is 0 Å². The molecule has 0 rings (SSSR count). The maximum atomic E-state index is 11.0. The van der Waals surface area contributed by atoms with Crippen molar-refractivity contribution in [2.75, 3.05) is 19.8 Å². The second-order valence-electron chi connectivity index (χ2n) is 2.62. The number of ether oxygens (including phenoxy) is 1. The Labute approximate surface area is 77.5 Å². The van der Waals surface area contributed by atoms with Crippen molar-refractivity contribution >= 4 is 5.78 Å². The number of rotatable bonds is 7. The molecule has 0 fully saturated rings. The second-order valence-corrected chi connectivity index (χ2v) is 2.62. The van der Waals surface area contributed by atoms with Crippen LogP contribution in [0.5, 0.6) is 0 Å². The molecule has 0 saturated heterocycles. The predicted octanol–water partition coefficient (Wildman–Crippen LogP) is -1.52. The van der Waals surface area contributed by atoms with Gasteiger partial charge in [-0.1, -0.05) is 6.92 Å². The first-order valence-corrected chi connectivity index (χ1v) is 4.08. The number of hydrogen-bond acceptors (Lipinski definition) is 5. The molecular formula is C8H16NO4. The summed E-state index contributed by atoms with van der Waals surface area (Å²) in [6.45, 7) is 2.94. The zero-order chi connectivity index (χ0) is 10.3. The van der Waals surface area contributed by atoms with Crippen LogP contribution in [0.4, 0.5) is 0 Å². The lowest BCUT2D eigenvalue weighted by molar-refractivity contribution is -0.131. The van der Waals surface area contributed by atoms with E-state index in [0.717, 1.165) is 0 Å². The molecule has 5 heteroatoms. The van der Waals surface area contributed by atoms with Crippen LogP contribution in [0, 0.1) is 6.92 Å². The standard InChI is InChI=1S/C8H16NO4/c1-2-8(7(12)3-9)13-5-6(11)4-10/h6,8,10-11H,1-5,9H2. The Morgan fingerprint density at radius 3 is 2.62 bits per heavy atom. The Morgan fingerprint density at radius 2 is 2.23 bits per heavy atom. The molecule has 0 amide bonds. The van der Waals surface area contributed by atoms with Gasteiger partial charge in [0.25, 0.3) is 0 Å². The molecular weight excluding hydrogens is 174 g/mol. The topological polar surface area (TPSA) is 92.8 Å². The number of aliphatic hydroxyl groups is 2. The molecule has 0 aromatic heterocycles. The van der Waals surface area contributed by atoms with E-state index in [0.29, 0.717) is 0 Å². The van der Waals surface area contributed by atoms with Gasteiger partial charge in [0, 0.05) is 0 Å². The van der Waals surface area contributed by atoms with Crippen LogP contribution in [0.1, 0.15) is 6.42 Å². The maximum Gasteiger partial charge on any atom is 0.175 e. The summed E-state index contributed by atoms with van der Waals surface area (Å²) in [5.74, 6) is -0.250. The van der Waals surface area contributed by atoms with Gasteiger partial charge in [-0.2, -0.15) is 0 Å². The number of nitrogens with two attached hydrogens (primary N) is 1. The van der Waals surface area contributed by atoms with Crippen molar-refractivity contribution in [2.45, 2.75) is 18.6 Å². The van der Waals surface area contributed by atoms with Crippen molar-refractivity contribution < 1.29 is 19.7 Å². The lowest BCUT2D eigenvalue weighted by atomic mass is 10.2. The molecule has 2 atom stereocenters. The first-order valence-electron chi connectivity index (χ1n) is 4.08. The number of Topliss-reactive ketones (excluding diaryl/α,β-unsaturated/α-hetero) is 1. The maximum absolute atomic E-state index is 11.0. The van der Waals surface area contributed by atoms with Gasteiger partial charge in [0.05, 0.1) is 19.8 Å². The largest absolute Gasteiger partial charge is 0.394 e. The van der Waals surface area contributed by atoms with Gasteiger partial charge < -0.3 is 20.7 Å². The van der Waals surface area contributed by atoms with E-state index in [1.165, 1.54) is 0 Å². The normalized spacial score (nSPS) is 15.4. The van der Waals surface area contributed by atoms with Gasteiger partial charge in [0.2, 0.25) is 0 Å². The summed E-state index contributed by atoms with van der Waals surface area (Å²) in [6.07, 6.45) is -1.36. The van der Waals surface area contributed by atoms with Gasteiger partial charge >= 0.3 is 0 Å². The van der Waals surface area contributed by atoms with Crippen molar-refractivity contribution in [1.82, 2.24) is 0 Å². The second kappa shape index (κ2) is 6.97. The van der Waals surface area contributed by atoms with E-state index in [-0.39, 0.29) is 32.0 Å². The number of ketones is 1. The minimum atomic E-state index is -0.959. The van der Waals surface area contributed by atoms with Crippen molar-refractivity contribution in [3.8, 4) is 0 Å². The molecule has 0 spiro atoms. The highest BCUT2D eigenvalue weighted by molar-refractivity contribution is 5.84. The van der Waals surface area contributed by atoms with E-state index >= 15 is 0 Å². The third-order valence-electron chi connectivity index (χ3n) is 1.52. The highest BCUT2D eigenvalue weighted by atomic mass is 16.5. The van der Waals surface area contributed by atoms with Crippen LogP contribution in [0.2, 0.25) is 0 Å². The minimum Gasteiger partial charge on any atom is -0.394 e. The third-order valence-corrected chi connectivity index (χ3v) is 1.52. The highest BCUT2D eigenvalue weighted by Crippen LogP contribution is 1.99. The lowest BCUT2D eigenvalue weighted by Gasteiger charge is -2.15. The SMILES string of the molecule is [CH2]CC(OCC(O)CO)C(=O)CN. The molecule has 13 heavy (non-hydrogen) atoms. The molecule has 5 nitrogen and oxygen atoms in total. The first-order chi connectivity index (χ1) is 6.15. The molecule has 0 saturated carbocycles. The van der Waals surface area contributed by atoms with Crippen molar-refractivity contribution in [3.05, 3.63) is 6.92 Å². The van der Waals surface area contributed by atoms with Gasteiger partial charge in [0.1, 0.15) is 12.2 Å².